The number of nitrogens with one attached hydrogen (secondary N) is 1. The predicted octanol–water partition coefficient (Wildman–Crippen LogP) is 0.450. The molecule has 6 heteroatoms. The summed E-state index contributed by atoms with van der Waals surface area (Å²) in [5, 5.41) is 2.76. The number of amides is 2. The van der Waals surface area contributed by atoms with Gasteiger partial charge in [-0.3, -0.25) is 9.59 Å². The number of piperazine rings is 1. The van der Waals surface area contributed by atoms with Gasteiger partial charge in [-0.15, -0.1) is 0 Å². The Kier molecular flexibility index (Phi) is 5.91. The third-order valence-corrected chi connectivity index (χ3v) is 3.75. The first kappa shape index (κ1) is 16.5. The number of likely N-dealkylation sites (N-methyl/N-ethyl adjacent to an activating group) is 1. The lowest BCUT2D eigenvalue weighted by Gasteiger charge is -2.32. The molecule has 0 radical (unpaired) electrons. The van der Waals surface area contributed by atoms with E-state index in [2.05, 4.69) is 10.2 Å². The van der Waals surface area contributed by atoms with Crippen LogP contribution in [0.4, 0.5) is 0 Å². The molecule has 1 fully saturated rings. The Bertz CT molecular complexity index is 525. The lowest BCUT2D eigenvalue weighted by Crippen LogP contribution is -2.47. The van der Waals surface area contributed by atoms with Crippen LogP contribution in [0.3, 0.4) is 0 Å². The minimum atomic E-state index is -0.190. The third kappa shape index (κ3) is 4.29. The van der Waals surface area contributed by atoms with Gasteiger partial charge in [-0.25, -0.2) is 0 Å². The molecule has 1 aliphatic rings. The molecular weight excluding hydrogens is 282 g/mol. The van der Waals surface area contributed by atoms with Crippen molar-refractivity contribution >= 4 is 11.8 Å². The van der Waals surface area contributed by atoms with E-state index in [0.717, 1.165) is 26.2 Å². The molecule has 120 valence electrons. The van der Waals surface area contributed by atoms with E-state index in [1.807, 2.05) is 11.9 Å². The van der Waals surface area contributed by atoms with Gasteiger partial charge in [0.05, 0.1) is 6.61 Å². The van der Waals surface area contributed by atoms with Gasteiger partial charge in [-0.2, -0.15) is 0 Å². The van der Waals surface area contributed by atoms with Crippen molar-refractivity contribution in [1.29, 1.82) is 0 Å². The maximum atomic E-state index is 12.5. The Morgan fingerprint density at radius 2 is 1.86 bits per heavy atom. The highest BCUT2D eigenvalue weighted by atomic mass is 16.5. The van der Waals surface area contributed by atoms with Crippen LogP contribution in [0.25, 0.3) is 0 Å². The van der Waals surface area contributed by atoms with Crippen LogP contribution in [0.1, 0.15) is 20.7 Å². The molecule has 1 N–H and O–H groups in total. The second kappa shape index (κ2) is 7.91. The van der Waals surface area contributed by atoms with E-state index in [0.29, 0.717) is 24.3 Å². The minimum absolute atomic E-state index is 0.0142. The largest absolute Gasteiger partial charge is 0.383 e. The van der Waals surface area contributed by atoms with Gasteiger partial charge in [0.2, 0.25) is 0 Å². The Morgan fingerprint density at radius 3 is 2.55 bits per heavy atom. The zero-order chi connectivity index (χ0) is 15.9. The number of benzene rings is 1. The van der Waals surface area contributed by atoms with Gasteiger partial charge in [0.1, 0.15) is 0 Å². The zero-order valence-corrected chi connectivity index (χ0v) is 13.2. The van der Waals surface area contributed by atoms with Crippen LogP contribution in [-0.4, -0.2) is 75.1 Å². The van der Waals surface area contributed by atoms with E-state index in [9.17, 15) is 9.59 Å². The van der Waals surface area contributed by atoms with Crippen molar-refractivity contribution in [3.63, 3.8) is 0 Å². The number of rotatable bonds is 5. The van der Waals surface area contributed by atoms with E-state index < -0.39 is 0 Å². The second-order valence-corrected chi connectivity index (χ2v) is 5.42. The number of methoxy groups -OCH3 is 1. The minimum Gasteiger partial charge on any atom is -0.383 e. The number of hydrogen-bond acceptors (Lipinski definition) is 4. The summed E-state index contributed by atoms with van der Waals surface area (Å²) < 4.78 is 4.90. The molecule has 6 nitrogen and oxygen atoms in total. The number of ether oxygens (including phenoxy) is 1. The molecule has 2 amide bonds. The fourth-order valence-corrected chi connectivity index (χ4v) is 2.35. The van der Waals surface area contributed by atoms with E-state index >= 15 is 0 Å². The lowest BCUT2D eigenvalue weighted by molar-refractivity contribution is 0.0664. The fraction of sp³-hybridized carbons (Fsp3) is 0.500. The molecule has 0 unspecified atom stereocenters. The number of nitrogens with zero attached hydrogens (tertiary/aromatic N) is 2. The molecule has 0 aliphatic carbocycles. The zero-order valence-electron chi connectivity index (χ0n) is 13.2. The van der Waals surface area contributed by atoms with Crippen LogP contribution >= 0.6 is 0 Å². The number of hydrogen-bond donors (Lipinski definition) is 1. The molecule has 22 heavy (non-hydrogen) atoms. The molecular formula is C16H23N3O3. The highest BCUT2D eigenvalue weighted by Crippen LogP contribution is 2.10. The summed E-state index contributed by atoms with van der Waals surface area (Å²) in [6.45, 7) is 4.11. The van der Waals surface area contributed by atoms with E-state index in [1.165, 1.54) is 0 Å². The maximum absolute atomic E-state index is 12.5. The van der Waals surface area contributed by atoms with Crippen LogP contribution in [-0.2, 0) is 4.74 Å². The molecule has 1 heterocycles. The van der Waals surface area contributed by atoms with Gasteiger partial charge >= 0.3 is 0 Å². The van der Waals surface area contributed by atoms with Crippen molar-refractivity contribution in [2.75, 3.05) is 53.5 Å². The van der Waals surface area contributed by atoms with E-state index in [-0.39, 0.29) is 11.8 Å². The monoisotopic (exact) mass is 305 g/mol. The molecule has 1 aromatic rings. The Labute approximate surface area is 131 Å². The molecule has 0 saturated carbocycles. The van der Waals surface area contributed by atoms with Crippen LogP contribution in [0.5, 0.6) is 0 Å². The molecule has 1 aromatic carbocycles. The van der Waals surface area contributed by atoms with E-state index in [1.54, 1.807) is 31.4 Å². The Morgan fingerprint density at radius 1 is 1.18 bits per heavy atom. The number of carbonyl (C=O) groups is 2. The summed E-state index contributed by atoms with van der Waals surface area (Å²) in [5.74, 6) is -0.204. The summed E-state index contributed by atoms with van der Waals surface area (Å²) >= 11 is 0. The topological polar surface area (TPSA) is 61.9 Å². The first-order chi connectivity index (χ1) is 10.6. The summed E-state index contributed by atoms with van der Waals surface area (Å²) in [7, 11) is 3.63. The van der Waals surface area contributed by atoms with Gasteiger partial charge in [0.25, 0.3) is 11.8 Å². The van der Waals surface area contributed by atoms with Crippen molar-refractivity contribution in [1.82, 2.24) is 15.1 Å². The highest BCUT2D eigenvalue weighted by molar-refractivity contribution is 5.99. The standard InChI is InChI=1S/C16H23N3O3/c1-18-7-9-19(10-8-18)16(21)14-5-3-4-13(12-14)15(20)17-6-11-22-2/h3-5,12H,6-11H2,1-2H3,(H,17,20). The summed E-state index contributed by atoms with van der Waals surface area (Å²) in [6.07, 6.45) is 0. The molecule has 1 saturated heterocycles. The lowest BCUT2D eigenvalue weighted by atomic mass is 10.1. The molecule has 2 rings (SSSR count). The van der Waals surface area contributed by atoms with Crippen molar-refractivity contribution in [3.8, 4) is 0 Å². The maximum Gasteiger partial charge on any atom is 0.253 e. The summed E-state index contributed by atoms with van der Waals surface area (Å²) in [6, 6.07) is 6.87. The SMILES string of the molecule is COCCNC(=O)c1cccc(C(=O)N2CCN(C)CC2)c1. The average Bonchev–Trinajstić information content (AvgIpc) is 2.55. The predicted molar refractivity (Wildman–Crippen MR) is 84.1 cm³/mol. The van der Waals surface area contributed by atoms with Gasteiger partial charge in [0, 0.05) is 51.0 Å². The highest BCUT2D eigenvalue weighted by Gasteiger charge is 2.20. The first-order valence-corrected chi connectivity index (χ1v) is 7.47. The second-order valence-electron chi connectivity index (χ2n) is 5.42. The van der Waals surface area contributed by atoms with Gasteiger partial charge < -0.3 is 19.9 Å². The van der Waals surface area contributed by atoms with E-state index in [4.69, 9.17) is 4.74 Å². The Balaban J connectivity index is 2.01. The number of carbonyl (C=O) groups excluding carboxylic acids is 2. The first-order valence-electron chi connectivity index (χ1n) is 7.47. The van der Waals surface area contributed by atoms with Crippen molar-refractivity contribution in [3.05, 3.63) is 35.4 Å². The molecule has 0 spiro atoms. The quantitative estimate of drug-likeness (QED) is 0.803. The van der Waals surface area contributed by atoms with Gasteiger partial charge in [0.15, 0.2) is 0 Å². The van der Waals surface area contributed by atoms with Crippen molar-refractivity contribution in [2.24, 2.45) is 0 Å². The normalized spacial score (nSPS) is 15.6. The van der Waals surface area contributed by atoms with Crippen LogP contribution in [0.2, 0.25) is 0 Å². The summed E-state index contributed by atoms with van der Waals surface area (Å²) in [5.41, 5.74) is 1.06. The Hall–Kier alpha value is -1.92. The van der Waals surface area contributed by atoms with Crippen LogP contribution < -0.4 is 5.32 Å². The van der Waals surface area contributed by atoms with Gasteiger partial charge in [-0.05, 0) is 25.2 Å². The van der Waals surface area contributed by atoms with Gasteiger partial charge in [-0.1, -0.05) is 6.07 Å². The average molecular weight is 305 g/mol. The van der Waals surface area contributed by atoms with Crippen molar-refractivity contribution < 1.29 is 14.3 Å². The third-order valence-electron chi connectivity index (χ3n) is 3.75. The van der Waals surface area contributed by atoms with Crippen molar-refractivity contribution in [2.45, 2.75) is 0 Å². The van der Waals surface area contributed by atoms with Crippen LogP contribution in [0, 0.1) is 0 Å². The fourth-order valence-electron chi connectivity index (χ4n) is 2.35. The smallest absolute Gasteiger partial charge is 0.253 e. The molecule has 1 aliphatic heterocycles. The summed E-state index contributed by atoms with van der Waals surface area (Å²) in [4.78, 5) is 28.5. The molecule has 0 atom stereocenters. The molecule has 0 aromatic heterocycles. The molecule has 0 bridgehead atoms. The van der Waals surface area contributed by atoms with Crippen LogP contribution in [0.15, 0.2) is 24.3 Å².